The molecule has 2 aromatic rings. The van der Waals surface area contributed by atoms with Crippen LogP contribution < -0.4 is 10.9 Å². The summed E-state index contributed by atoms with van der Waals surface area (Å²) in [6, 6.07) is 5.66. The molecule has 0 saturated heterocycles. The van der Waals surface area contributed by atoms with Crippen LogP contribution in [0.5, 0.6) is 0 Å². The van der Waals surface area contributed by atoms with Crippen molar-refractivity contribution in [1.82, 2.24) is 9.97 Å². The molecule has 0 aliphatic heterocycles. The van der Waals surface area contributed by atoms with E-state index in [0.29, 0.717) is 0 Å². The molecule has 0 bridgehead atoms. The number of nitrogens with one attached hydrogen (secondary N) is 2. The van der Waals surface area contributed by atoms with Crippen LogP contribution in [0.25, 0.3) is 0 Å². The van der Waals surface area contributed by atoms with Crippen LogP contribution in [-0.4, -0.2) is 9.97 Å². The van der Waals surface area contributed by atoms with Crippen LogP contribution in [0.4, 0.5) is 10.9 Å². The fraction of sp³-hybridized carbons (Fsp3) is 0. The molecule has 2 aromatic heterocycles. The number of hydrazine groups is 1. The third-order valence-corrected chi connectivity index (χ3v) is 2.08. The predicted octanol–water partition coefficient (Wildman–Crippen LogP) is 1.98. The van der Waals surface area contributed by atoms with Crippen molar-refractivity contribution in [2.45, 2.75) is 0 Å². The topological polar surface area (TPSA) is 49.8 Å². The lowest BCUT2D eigenvalue weighted by Gasteiger charge is -2.04. The van der Waals surface area contributed by atoms with Gasteiger partial charge in [-0.3, -0.25) is 10.9 Å². The number of nitrogens with zero attached hydrogens (tertiary/aromatic N) is 2. The lowest BCUT2D eigenvalue weighted by atomic mass is 10.5. The first-order valence-electron chi connectivity index (χ1n) is 3.78. The molecule has 0 radical (unpaired) electrons. The zero-order valence-corrected chi connectivity index (χ0v) is 7.58. The highest BCUT2D eigenvalue weighted by Gasteiger charge is 1.92. The molecule has 5 heteroatoms. The van der Waals surface area contributed by atoms with Gasteiger partial charge in [-0.1, -0.05) is 6.07 Å². The standard InChI is InChI=1S/C8H8N4S/c1-2-4-9-7(3-1)11-12-8-10-5-6-13-8/h1-6H,(H,9,11)(H,10,12). The number of aromatic nitrogens is 2. The Morgan fingerprint density at radius 2 is 2.08 bits per heavy atom. The summed E-state index contributed by atoms with van der Waals surface area (Å²) in [4.78, 5) is 8.13. The number of hydrogen-bond acceptors (Lipinski definition) is 5. The van der Waals surface area contributed by atoms with Crippen LogP contribution in [0.15, 0.2) is 36.0 Å². The second-order valence-corrected chi connectivity index (χ2v) is 3.20. The maximum absolute atomic E-state index is 4.08. The average Bonchev–Trinajstić information content (AvgIpc) is 2.69. The summed E-state index contributed by atoms with van der Waals surface area (Å²) in [5, 5.41) is 2.73. The van der Waals surface area contributed by atoms with Gasteiger partial charge in [-0.15, -0.1) is 11.3 Å². The molecule has 0 aromatic carbocycles. The molecular formula is C8H8N4S. The Hall–Kier alpha value is -1.62. The Morgan fingerprint density at radius 1 is 1.08 bits per heavy atom. The summed E-state index contributed by atoms with van der Waals surface area (Å²) in [7, 11) is 0. The first-order valence-corrected chi connectivity index (χ1v) is 4.66. The van der Waals surface area contributed by atoms with E-state index < -0.39 is 0 Å². The third kappa shape index (κ3) is 2.16. The van der Waals surface area contributed by atoms with E-state index in [9.17, 15) is 0 Å². The van der Waals surface area contributed by atoms with Gasteiger partial charge in [0.15, 0.2) is 0 Å². The Kier molecular flexibility index (Phi) is 2.38. The summed E-state index contributed by atoms with van der Waals surface area (Å²) in [6.07, 6.45) is 3.47. The van der Waals surface area contributed by atoms with Crippen LogP contribution in [-0.2, 0) is 0 Å². The van der Waals surface area contributed by atoms with Gasteiger partial charge in [-0.2, -0.15) is 0 Å². The maximum atomic E-state index is 4.08. The van der Waals surface area contributed by atoms with Crippen molar-refractivity contribution in [2.75, 3.05) is 10.9 Å². The van der Waals surface area contributed by atoms with E-state index in [1.807, 2.05) is 23.6 Å². The molecule has 2 N–H and O–H groups in total. The zero-order valence-electron chi connectivity index (χ0n) is 6.77. The van der Waals surface area contributed by atoms with E-state index in [4.69, 9.17) is 0 Å². The minimum atomic E-state index is 0.776. The van der Waals surface area contributed by atoms with Crippen molar-refractivity contribution in [1.29, 1.82) is 0 Å². The molecule has 0 fully saturated rings. The summed E-state index contributed by atoms with van der Waals surface area (Å²) >= 11 is 1.53. The van der Waals surface area contributed by atoms with Crippen molar-refractivity contribution < 1.29 is 0 Å². The average molecular weight is 192 g/mol. The fourth-order valence-electron chi connectivity index (χ4n) is 0.839. The van der Waals surface area contributed by atoms with Gasteiger partial charge in [-0.25, -0.2) is 9.97 Å². The zero-order chi connectivity index (χ0) is 8.93. The molecule has 0 unspecified atom stereocenters. The summed E-state index contributed by atoms with van der Waals surface area (Å²) in [5.74, 6) is 0.776. The minimum Gasteiger partial charge on any atom is -0.282 e. The molecule has 4 nitrogen and oxygen atoms in total. The Balaban J connectivity index is 1.94. The van der Waals surface area contributed by atoms with Crippen LogP contribution >= 0.6 is 11.3 Å². The smallest absolute Gasteiger partial charge is 0.201 e. The van der Waals surface area contributed by atoms with Crippen molar-refractivity contribution in [3.05, 3.63) is 36.0 Å². The van der Waals surface area contributed by atoms with Crippen molar-refractivity contribution >= 4 is 22.3 Å². The maximum Gasteiger partial charge on any atom is 0.201 e. The van der Waals surface area contributed by atoms with Gasteiger partial charge in [0.2, 0.25) is 5.13 Å². The van der Waals surface area contributed by atoms with Crippen LogP contribution in [0.2, 0.25) is 0 Å². The molecule has 0 aliphatic carbocycles. The second kappa shape index (κ2) is 3.86. The SMILES string of the molecule is c1ccc(NNc2nccs2)nc1. The van der Waals surface area contributed by atoms with Gasteiger partial charge in [-0.05, 0) is 12.1 Å². The Morgan fingerprint density at radius 3 is 2.77 bits per heavy atom. The molecule has 13 heavy (non-hydrogen) atoms. The highest BCUT2D eigenvalue weighted by atomic mass is 32.1. The molecule has 66 valence electrons. The summed E-state index contributed by atoms with van der Waals surface area (Å²) in [6.45, 7) is 0. The van der Waals surface area contributed by atoms with Crippen LogP contribution in [0, 0.1) is 0 Å². The summed E-state index contributed by atoms with van der Waals surface area (Å²) < 4.78 is 0. The number of anilines is 2. The van der Waals surface area contributed by atoms with Crippen LogP contribution in [0.3, 0.4) is 0 Å². The normalized spacial score (nSPS) is 9.54. The minimum absolute atomic E-state index is 0.776. The highest BCUT2D eigenvalue weighted by Crippen LogP contribution is 2.10. The van der Waals surface area contributed by atoms with E-state index in [0.717, 1.165) is 10.9 Å². The number of rotatable bonds is 3. The number of hydrogen-bond donors (Lipinski definition) is 2. The van der Waals surface area contributed by atoms with Gasteiger partial charge >= 0.3 is 0 Å². The molecule has 0 saturated carbocycles. The van der Waals surface area contributed by atoms with E-state index >= 15 is 0 Å². The van der Waals surface area contributed by atoms with Crippen LogP contribution in [0.1, 0.15) is 0 Å². The van der Waals surface area contributed by atoms with E-state index in [1.54, 1.807) is 12.4 Å². The first kappa shape index (κ1) is 8.00. The Bertz CT molecular complexity index is 346. The molecule has 0 spiro atoms. The van der Waals surface area contributed by atoms with Gasteiger partial charge in [0.05, 0.1) is 0 Å². The Labute approximate surface area is 79.6 Å². The van der Waals surface area contributed by atoms with Gasteiger partial charge < -0.3 is 0 Å². The van der Waals surface area contributed by atoms with Crippen molar-refractivity contribution in [3.8, 4) is 0 Å². The molecular weight excluding hydrogens is 184 g/mol. The van der Waals surface area contributed by atoms with Gasteiger partial charge in [0, 0.05) is 17.8 Å². The quantitative estimate of drug-likeness (QED) is 0.730. The highest BCUT2D eigenvalue weighted by molar-refractivity contribution is 7.13. The third-order valence-electron chi connectivity index (χ3n) is 1.39. The lowest BCUT2D eigenvalue weighted by Crippen LogP contribution is -2.08. The molecule has 0 amide bonds. The monoisotopic (exact) mass is 192 g/mol. The van der Waals surface area contributed by atoms with Gasteiger partial charge in [0.1, 0.15) is 5.82 Å². The fourth-order valence-corrected chi connectivity index (χ4v) is 1.32. The van der Waals surface area contributed by atoms with E-state index in [2.05, 4.69) is 20.8 Å². The molecule has 0 atom stereocenters. The first-order chi connectivity index (χ1) is 6.45. The van der Waals surface area contributed by atoms with E-state index in [1.165, 1.54) is 11.3 Å². The van der Waals surface area contributed by atoms with Gasteiger partial charge in [0.25, 0.3) is 0 Å². The second-order valence-electron chi connectivity index (χ2n) is 2.30. The largest absolute Gasteiger partial charge is 0.282 e. The molecule has 2 heterocycles. The number of thiazole rings is 1. The van der Waals surface area contributed by atoms with Crippen molar-refractivity contribution in [3.63, 3.8) is 0 Å². The predicted molar refractivity (Wildman–Crippen MR) is 53.6 cm³/mol. The molecule has 0 aliphatic rings. The summed E-state index contributed by atoms with van der Waals surface area (Å²) in [5.41, 5.74) is 5.87. The van der Waals surface area contributed by atoms with E-state index in [-0.39, 0.29) is 0 Å². The van der Waals surface area contributed by atoms with Crippen molar-refractivity contribution in [2.24, 2.45) is 0 Å². The number of pyridine rings is 1. The lowest BCUT2D eigenvalue weighted by molar-refractivity contribution is 1.25. The molecule has 2 rings (SSSR count).